The van der Waals surface area contributed by atoms with E-state index in [1.165, 1.54) is 0 Å². The minimum absolute atomic E-state index is 0.210. The summed E-state index contributed by atoms with van der Waals surface area (Å²) in [6.07, 6.45) is 0. The number of para-hydroxylation sites is 1. The molecule has 0 aliphatic heterocycles. The number of nitrogen functional groups attached to an aromatic ring is 1. The molecule has 88 valence electrons. The lowest BCUT2D eigenvalue weighted by Gasteiger charge is -2.07. The number of thiophene rings is 1. The first-order valence-corrected chi connectivity index (χ1v) is 6.29. The number of nitrogens with two attached hydrogens (primary N) is 1. The van der Waals surface area contributed by atoms with E-state index in [1.807, 2.05) is 17.5 Å². The number of nitrogens with one attached hydrogen (secondary N) is 1. The van der Waals surface area contributed by atoms with Gasteiger partial charge in [-0.3, -0.25) is 4.79 Å². The number of anilines is 1. The highest BCUT2D eigenvalue weighted by molar-refractivity contribution is 7.09. The zero-order valence-electron chi connectivity index (χ0n) is 8.94. The molecule has 5 heteroatoms. The molecular formula is C12H11ClN2OS. The van der Waals surface area contributed by atoms with Gasteiger partial charge >= 0.3 is 0 Å². The second kappa shape index (κ2) is 5.21. The molecule has 0 bridgehead atoms. The average molecular weight is 267 g/mol. The van der Waals surface area contributed by atoms with Crippen LogP contribution in [0.5, 0.6) is 0 Å². The van der Waals surface area contributed by atoms with E-state index in [0.29, 0.717) is 22.8 Å². The Morgan fingerprint density at radius 3 is 2.88 bits per heavy atom. The Labute approximate surface area is 108 Å². The van der Waals surface area contributed by atoms with E-state index >= 15 is 0 Å². The number of carbonyl (C=O) groups is 1. The third-order valence-corrected chi connectivity index (χ3v) is 3.51. The summed E-state index contributed by atoms with van der Waals surface area (Å²) in [7, 11) is 0. The summed E-state index contributed by atoms with van der Waals surface area (Å²) < 4.78 is 0. The summed E-state index contributed by atoms with van der Waals surface area (Å²) in [5.41, 5.74) is 6.47. The first-order valence-electron chi connectivity index (χ1n) is 5.03. The van der Waals surface area contributed by atoms with E-state index < -0.39 is 0 Å². The Bertz CT molecular complexity index is 525. The molecule has 0 radical (unpaired) electrons. The highest BCUT2D eigenvalue weighted by Gasteiger charge is 2.11. The van der Waals surface area contributed by atoms with Gasteiger partial charge in [0, 0.05) is 4.88 Å². The predicted molar refractivity (Wildman–Crippen MR) is 71.4 cm³/mol. The number of hydrogen-bond donors (Lipinski definition) is 2. The lowest BCUT2D eigenvalue weighted by Crippen LogP contribution is -2.23. The monoisotopic (exact) mass is 266 g/mol. The van der Waals surface area contributed by atoms with E-state index in [0.717, 1.165) is 4.88 Å². The molecule has 0 saturated carbocycles. The number of halogens is 1. The third-order valence-electron chi connectivity index (χ3n) is 2.30. The molecule has 1 aromatic heterocycles. The summed E-state index contributed by atoms with van der Waals surface area (Å²) in [5.74, 6) is -0.210. The molecule has 2 rings (SSSR count). The lowest BCUT2D eigenvalue weighted by atomic mass is 10.1. The molecule has 1 heterocycles. The van der Waals surface area contributed by atoms with Crippen LogP contribution in [0.4, 0.5) is 5.69 Å². The number of rotatable bonds is 3. The van der Waals surface area contributed by atoms with Crippen molar-refractivity contribution in [2.24, 2.45) is 0 Å². The van der Waals surface area contributed by atoms with Crippen molar-refractivity contribution < 1.29 is 4.79 Å². The van der Waals surface area contributed by atoms with Crippen LogP contribution < -0.4 is 11.1 Å². The number of carbonyl (C=O) groups excluding carboxylic acids is 1. The van der Waals surface area contributed by atoms with Crippen molar-refractivity contribution in [3.63, 3.8) is 0 Å². The highest BCUT2D eigenvalue weighted by atomic mass is 35.5. The Hall–Kier alpha value is -1.52. The van der Waals surface area contributed by atoms with Gasteiger partial charge in [-0.15, -0.1) is 11.3 Å². The molecule has 0 atom stereocenters. The maximum atomic E-state index is 11.9. The molecule has 0 aliphatic rings. The quantitative estimate of drug-likeness (QED) is 0.840. The van der Waals surface area contributed by atoms with E-state index in [1.54, 1.807) is 29.5 Å². The average Bonchev–Trinajstić information content (AvgIpc) is 2.82. The predicted octanol–water partition coefficient (Wildman–Crippen LogP) is 2.91. The Morgan fingerprint density at radius 2 is 2.18 bits per heavy atom. The van der Waals surface area contributed by atoms with Crippen LogP contribution in [-0.2, 0) is 6.54 Å². The van der Waals surface area contributed by atoms with Crippen molar-refractivity contribution >= 4 is 34.5 Å². The van der Waals surface area contributed by atoms with Gasteiger partial charge in [0.25, 0.3) is 5.91 Å². The highest BCUT2D eigenvalue weighted by Crippen LogP contribution is 2.22. The van der Waals surface area contributed by atoms with Crippen molar-refractivity contribution in [3.05, 3.63) is 51.2 Å². The van der Waals surface area contributed by atoms with Crippen molar-refractivity contribution in [2.45, 2.75) is 6.54 Å². The van der Waals surface area contributed by atoms with Crippen LogP contribution in [0.15, 0.2) is 35.7 Å². The molecule has 0 aliphatic carbocycles. The zero-order valence-corrected chi connectivity index (χ0v) is 10.5. The van der Waals surface area contributed by atoms with Crippen LogP contribution >= 0.6 is 22.9 Å². The van der Waals surface area contributed by atoms with Crippen molar-refractivity contribution in [1.82, 2.24) is 5.32 Å². The summed E-state index contributed by atoms with van der Waals surface area (Å²) in [6, 6.07) is 8.93. The molecule has 0 spiro atoms. The van der Waals surface area contributed by atoms with E-state index in [9.17, 15) is 4.79 Å². The minimum atomic E-state index is -0.210. The SMILES string of the molecule is Nc1c(Cl)cccc1C(=O)NCc1cccs1. The first kappa shape index (κ1) is 12.0. The maximum Gasteiger partial charge on any atom is 0.253 e. The van der Waals surface area contributed by atoms with Gasteiger partial charge < -0.3 is 11.1 Å². The van der Waals surface area contributed by atoms with Crippen LogP contribution in [-0.4, -0.2) is 5.91 Å². The van der Waals surface area contributed by atoms with Gasteiger partial charge in [-0.2, -0.15) is 0 Å². The van der Waals surface area contributed by atoms with Crippen LogP contribution in [0.1, 0.15) is 15.2 Å². The van der Waals surface area contributed by atoms with E-state index in [4.69, 9.17) is 17.3 Å². The molecule has 3 nitrogen and oxygen atoms in total. The van der Waals surface area contributed by atoms with Crippen LogP contribution in [0.25, 0.3) is 0 Å². The fourth-order valence-corrected chi connectivity index (χ4v) is 2.23. The Kier molecular flexibility index (Phi) is 3.66. The summed E-state index contributed by atoms with van der Waals surface area (Å²) in [4.78, 5) is 13.0. The Morgan fingerprint density at radius 1 is 1.35 bits per heavy atom. The summed E-state index contributed by atoms with van der Waals surface area (Å²) >= 11 is 7.45. The normalized spacial score (nSPS) is 10.2. The van der Waals surface area contributed by atoms with Gasteiger partial charge in [-0.1, -0.05) is 23.7 Å². The molecule has 1 aromatic carbocycles. The van der Waals surface area contributed by atoms with Gasteiger partial charge in [0.05, 0.1) is 22.8 Å². The topological polar surface area (TPSA) is 55.1 Å². The minimum Gasteiger partial charge on any atom is -0.397 e. The molecule has 17 heavy (non-hydrogen) atoms. The molecule has 1 amide bonds. The number of benzene rings is 1. The largest absolute Gasteiger partial charge is 0.397 e. The zero-order chi connectivity index (χ0) is 12.3. The van der Waals surface area contributed by atoms with Crippen molar-refractivity contribution in [2.75, 3.05) is 5.73 Å². The van der Waals surface area contributed by atoms with Gasteiger partial charge in [0.1, 0.15) is 0 Å². The fraction of sp³-hybridized carbons (Fsp3) is 0.0833. The van der Waals surface area contributed by atoms with Crippen molar-refractivity contribution in [1.29, 1.82) is 0 Å². The number of hydrogen-bond acceptors (Lipinski definition) is 3. The van der Waals surface area contributed by atoms with Crippen LogP contribution in [0, 0.1) is 0 Å². The molecule has 2 aromatic rings. The first-order chi connectivity index (χ1) is 8.18. The van der Waals surface area contributed by atoms with Gasteiger partial charge in [0.2, 0.25) is 0 Å². The third kappa shape index (κ3) is 2.78. The number of amides is 1. The van der Waals surface area contributed by atoms with Gasteiger partial charge in [0.15, 0.2) is 0 Å². The molecular weight excluding hydrogens is 256 g/mol. The van der Waals surface area contributed by atoms with E-state index in [-0.39, 0.29) is 5.91 Å². The van der Waals surface area contributed by atoms with E-state index in [2.05, 4.69) is 5.32 Å². The second-order valence-electron chi connectivity index (χ2n) is 3.46. The van der Waals surface area contributed by atoms with Crippen LogP contribution in [0.3, 0.4) is 0 Å². The molecule has 0 unspecified atom stereocenters. The van der Waals surface area contributed by atoms with Crippen LogP contribution in [0.2, 0.25) is 5.02 Å². The van der Waals surface area contributed by atoms with Gasteiger partial charge in [-0.05, 0) is 23.6 Å². The molecule has 3 N–H and O–H groups in total. The fourth-order valence-electron chi connectivity index (χ4n) is 1.41. The van der Waals surface area contributed by atoms with Gasteiger partial charge in [-0.25, -0.2) is 0 Å². The van der Waals surface area contributed by atoms with Crippen molar-refractivity contribution in [3.8, 4) is 0 Å². The lowest BCUT2D eigenvalue weighted by molar-refractivity contribution is 0.0952. The molecule has 0 saturated heterocycles. The second-order valence-corrected chi connectivity index (χ2v) is 4.90. The summed E-state index contributed by atoms with van der Waals surface area (Å²) in [5, 5.41) is 5.17. The smallest absolute Gasteiger partial charge is 0.253 e. The standard InChI is InChI=1S/C12H11ClN2OS/c13-10-5-1-4-9(11(10)14)12(16)15-7-8-3-2-6-17-8/h1-6H,7,14H2,(H,15,16). The summed E-state index contributed by atoms with van der Waals surface area (Å²) in [6.45, 7) is 0.502. The molecule has 0 fully saturated rings. The Balaban J connectivity index is 2.07. The maximum absolute atomic E-state index is 11.9.